The van der Waals surface area contributed by atoms with Crippen LogP contribution < -0.4 is 5.73 Å². The molecule has 7 heteroatoms. The fraction of sp³-hybridized carbons (Fsp3) is 0.692. The maximum Gasteiger partial charge on any atom is 0.252 e. The Morgan fingerprint density at radius 2 is 2.10 bits per heavy atom. The van der Waals surface area contributed by atoms with Crippen LogP contribution in [-0.2, 0) is 16.4 Å². The summed E-state index contributed by atoms with van der Waals surface area (Å²) in [4.78, 5) is 1.10. The lowest BCUT2D eigenvalue weighted by molar-refractivity contribution is 0.156. The second kappa shape index (κ2) is 6.32. The van der Waals surface area contributed by atoms with E-state index in [-0.39, 0.29) is 23.9 Å². The van der Waals surface area contributed by atoms with Crippen molar-refractivity contribution >= 4 is 33.8 Å². The molecule has 2 rings (SSSR count). The molecule has 1 aliphatic heterocycles. The van der Waals surface area contributed by atoms with Gasteiger partial charge in [0.2, 0.25) is 0 Å². The van der Waals surface area contributed by atoms with Crippen LogP contribution in [0.4, 0.5) is 0 Å². The first kappa shape index (κ1) is 17.9. The van der Waals surface area contributed by atoms with E-state index in [1.807, 2.05) is 26.8 Å². The molecule has 0 aromatic carbocycles. The van der Waals surface area contributed by atoms with Gasteiger partial charge in [0.1, 0.15) is 4.21 Å². The van der Waals surface area contributed by atoms with Crippen LogP contribution >= 0.6 is 23.7 Å². The quantitative estimate of drug-likeness (QED) is 0.920. The number of nitrogens with two attached hydrogens (primary N) is 1. The number of aryl methyl sites for hydroxylation is 1. The molecule has 1 aromatic rings. The highest BCUT2D eigenvalue weighted by Crippen LogP contribution is 2.33. The molecule has 0 aliphatic carbocycles. The van der Waals surface area contributed by atoms with E-state index in [4.69, 9.17) is 5.73 Å². The summed E-state index contributed by atoms with van der Waals surface area (Å²) in [7, 11) is -3.35. The molecule has 4 nitrogen and oxygen atoms in total. The van der Waals surface area contributed by atoms with E-state index >= 15 is 0 Å². The fourth-order valence-corrected chi connectivity index (χ4v) is 5.42. The van der Waals surface area contributed by atoms with Gasteiger partial charge in [-0.3, -0.25) is 0 Å². The minimum atomic E-state index is -3.35. The van der Waals surface area contributed by atoms with Gasteiger partial charge in [-0.1, -0.05) is 20.8 Å². The van der Waals surface area contributed by atoms with Crippen LogP contribution in [-0.4, -0.2) is 31.9 Å². The molecule has 1 atom stereocenters. The molecular formula is C13H23ClN2O2S2. The monoisotopic (exact) mass is 338 g/mol. The van der Waals surface area contributed by atoms with E-state index in [2.05, 4.69) is 0 Å². The number of sulfonamides is 1. The van der Waals surface area contributed by atoms with Crippen molar-refractivity contribution in [2.24, 2.45) is 11.1 Å². The van der Waals surface area contributed by atoms with Crippen molar-refractivity contribution in [3.8, 4) is 0 Å². The van der Waals surface area contributed by atoms with Crippen molar-refractivity contribution in [1.82, 2.24) is 4.31 Å². The van der Waals surface area contributed by atoms with Gasteiger partial charge in [-0.15, -0.1) is 23.7 Å². The van der Waals surface area contributed by atoms with Crippen molar-refractivity contribution in [3.63, 3.8) is 0 Å². The normalized spacial score (nSPS) is 23.3. The van der Waals surface area contributed by atoms with Crippen molar-refractivity contribution in [3.05, 3.63) is 17.0 Å². The predicted molar refractivity (Wildman–Crippen MR) is 86.1 cm³/mol. The number of halogens is 1. The fourth-order valence-electron chi connectivity index (χ4n) is 2.34. The molecule has 1 fully saturated rings. The van der Waals surface area contributed by atoms with Gasteiger partial charge in [0.05, 0.1) is 0 Å². The number of rotatable bonds is 3. The summed E-state index contributed by atoms with van der Waals surface area (Å²) in [6.45, 7) is 7.11. The number of nitrogens with zero attached hydrogens (tertiary/aromatic N) is 1. The topological polar surface area (TPSA) is 63.4 Å². The van der Waals surface area contributed by atoms with Gasteiger partial charge in [0.25, 0.3) is 10.0 Å². The van der Waals surface area contributed by atoms with E-state index in [1.165, 1.54) is 11.3 Å². The van der Waals surface area contributed by atoms with Gasteiger partial charge in [-0.05, 0) is 30.4 Å². The average molecular weight is 339 g/mol. The maximum absolute atomic E-state index is 12.6. The molecule has 0 radical (unpaired) electrons. The SMILES string of the molecule is CCc1ccc(S(=O)(=O)N2CCC(N)C(C)(C)C2)s1.Cl. The zero-order chi connectivity index (χ0) is 14.3. The van der Waals surface area contributed by atoms with Crippen molar-refractivity contribution in [2.45, 2.75) is 43.9 Å². The standard InChI is InChI=1S/C13H22N2O2S2.ClH/c1-4-10-5-6-12(18-10)19(16,17)15-8-7-11(14)13(2,3)9-15;/h5-6,11H,4,7-9,14H2,1-3H3;1H. The summed E-state index contributed by atoms with van der Waals surface area (Å²) >= 11 is 1.37. The first-order valence-corrected chi connectivity index (χ1v) is 8.87. The van der Waals surface area contributed by atoms with E-state index in [9.17, 15) is 8.42 Å². The molecule has 1 unspecified atom stereocenters. The summed E-state index contributed by atoms with van der Waals surface area (Å²) in [5.74, 6) is 0. The van der Waals surface area contributed by atoms with Crippen LogP contribution in [0.2, 0.25) is 0 Å². The lowest BCUT2D eigenvalue weighted by Gasteiger charge is -2.41. The Morgan fingerprint density at radius 1 is 1.45 bits per heavy atom. The first-order valence-electron chi connectivity index (χ1n) is 6.62. The number of piperidine rings is 1. The van der Waals surface area contributed by atoms with Crippen molar-refractivity contribution in [1.29, 1.82) is 0 Å². The number of thiophene rings is 1. The third-order valence-corrected chi connectivity index (χ3v) is 7.40. The highest BCUT2D eigenvalue weighted by Gasteiger charge is 2.39. The Kier molecular flexibility index (Phi) is 5.66. The summed E-state index contributed by atoms with van der Waals surface area (Å²) in [6, 6.07) is 3.69. The zero-order valence-electron chi connectivity index (χ0n) is 12.1. The van der Waals surface area contributed by atoms with E-state index < -0.39 is 10.0 Å². The van der Waals surface area contributed by atoms with Gasteiger partial charge < -0.3 is 5.73 Å². The minimum Gasteiger partial charge on any atom is -0.327 e. The predicted octanol–water partition coefficient (Wildman–Crippen LogP) is 2.48. The highest BCUT2D eigenvalue weighted by atomic mass is 35.5. The molecular weight excluding hydrogens is 316 g/mol. The zero-order valence-corrected chi connectivity index (χ0v) is 14.6. The Bertz CT molecular complexity index is 554. The summed E-state index contributed by atoms with van der Waals surface area (Å²) in [5, 5.41) is 0. The number of hydrogen-bond acceptors (Lipinski definition) is 4. The van der Waals surface area contributed by atoms with Crippen LogP contribution in [0.1, 0.15) is 32.1 Å². The molecule has 0 saturated carbocycles. The Labute approximate surface area is 131 Å². The van der Waals surface area contributed by atoms with Crippen LogP contribution in [0.3, 0.4) is 0 Å². The highest BCUT2D eigenvalue weighted by molar-refractivity contribution is 7.91. The molecule has 116 valence electrons. The van der Waals surface area contributed by atoms with Gasteiger partial charge in [0, 0.05) is 24.0 Å². The van der Waals surface area contributed by atoms with Gasteiger partial charge in [-0.25, -0.2) is 8.42 Å². The maximum atomic E-state index is 12.6. The second-order valence-corrected chi connectivity index (χ2v) is 9.13. The molecule has 20 heavy (non-hydrogen) atoms. The van der Waals surface area contributed by atoms with Gasteiger partial charge in [-0.2, -0.15) is 4.31 Å². The van der Waals surface area contributed by atoms with Crippen molar-refractivity contribution in [2.75, 3.05) is 13.1 Å². The molecule has 2 heterocycles. The van der Waals surface area contributed by atoms with Crippen LogP contribution in [0.5, 0.6) is 0 Å². The third kappa shape index (κ3) is 3.36. The van der Waals surface area contributed by atoms with Gasteiger partial charge >= 0.3 is 0 Å². The minimum absolute atomic E-state index is 0. The largest absolute Gasteiger partial charge is 0.327 e. The molecule has 1 aliphatic rings. The van der Waals surface area contributed by atoms with E-state index in [0.717, 1.165) is 17.7 Å². The van der Waals surface area contributed by atoms with Crippen molar-refractivity contribution < 1.29 is 8.42 Å². The van der Waals surface area contributed by atoms with Crippen LogP contribution in [0.15, 0.2) is 16.3 Å². The Hall–Kier alpha value is -0.140. The lowest BCUT2D eigenvalue weighted by atomic mass is 9.81. The molecule has 1 saturated heterocycles. The Morgan fingerprint density at radius 3 is 2.60 bits per heavy atom. The molecule has 0 amide bonds. The van der Waals surface area contributed by atoms with Gasteiger partial charge in [0.15, 0.2) is 0 Å². The summed E-state index contributed by atoms with van der Waals surface area (Å²) < 4.78 is 27.3. The average Bonchev–Trinajstić information content (AvgIpc) is 2.81. The van der Waals surface area contributed by atoms with Crippen LogP contribution in [0, 0.1) is 5.41 Å². The summed E-state index contributed by atoms with van der Waals surface area (Å²) in [6.07, 6.45) is 1.59. The Balaban J connectivity index is 0.00000200. The van der Waals surface area contributed by atoms with Crippen LogP contribution in [0.25, 0.3) is 0 Å². The molecule has 1 aromatic heterocycles. The number of hydrogen-bond donors (Lipinski definition) is 1. The summed E-state index contributed by atoms with van der Waals surface area (Å²) in [5.41, 5.74) is 5.89. The molecule has 0 spiro atoms. The van der Waals surface area contributed by atoms with E-state index in [0.29, 0.717) is 17.3 Å². The first-order chi connectivity index (χ1) is 8.77. The molecule has 2 N–H and O–H groups in total. The third-order valence-electron chi connectivity index (χ3n) is 3.86. The molecule has 0 bridgehead atoms. The smallest absolute Gasteiger partial charge is 0.252 e. The second-order valence-electron chi connectivity index (χ2n) is 5.80. The lowest BCUT2D eigenvalue weighted by Crippen LogP contribution is -2.53. The van der Waals surface area contributed by atoms with E-state index in [1.54, 1.807) is 10.4 Å².